The van der Waals surface area contributed by atoms with Crippen LogP contribution in [-0.2, 0) is 11.3 Å². The number of nitrogens with zero attached hydrogens (tertiary/aromatic N) is 3. The van der Waals surface area contributed by atoms with E-state index in [4.69, 9.17) is 4.74 Å². The number of benzene rings is 2. The number of nitrogens with one attached hydrogen (secondary N) is 1. The van der Waals surface area contributed by atoms with Gasteiger partial charge >= 0.3 is 0 Å². The van der Waals surface area contributed by atoms with Crippen molar-refractivity contribution in [3.63, 3.8) is 0 Å². The molecule has 0 unspecified atom stereocenters. The summed E-state index contributed by atoms with van der Waals surface area (Å²) in [5.74, 6) is 0.0319. The molecule has 0 atom stereocenters. The summed E-state index contributed by atoms with van der Waals surface area (Å²) in [6.45, 7) is 2.25. The van der Waals surface area contributed by atoms with E-state index >= 15 is 0 Å². The molecule has 0 aliphatic carbocycles. The smallest absolute Gasteiger partial charge is 0.273 e. The minimum absolute atomic E-state index is 0.161. The van der Waals surface area contributed by atoms with Crippen molar-refractivity contribution in [3.8, 4) is 5.75 Å². The summed E-state index contributed by atoms with van der Waals surface area (Å²) in [7, 11) is 3.31. The summed E-state index contributed by atoms with van der Waals surface area (Å²) >= 11 is 0. The maximum absolute atomic E-state index is 12.4. The average Bonchev–Trinajstić information content (AvgIpc) is 3.07. The van der Waals surface area contributed by atoms with Crippen LogP contribution in [0.3, 0.4) is 0 Å². The largest absolute Gasteiger partial charge is 0.484 e. The van der Waals surface area contributed by atoms with Crippen molar-refractivity contribution < 1.29 is 14.3 Å². The van der Waals surface area contributed by atoms with Gasteiger partial charge in [0.05, 0.1) is 11.9 Å². The molecule has 1 heterocycles. The molecule has 2 amide bonds. The van der Waals surface area contributed by atoms with Gasteiger partial charge in [0.25, 0.3) is 11.8 Å². The van der Waals surface area contributed by atoms with Gasteiger partial charge in [-0.25, -0.2) is 0 Å². The maximum atomic E-state index is 12.4. The molecular weight excluding hydrogens is 344 g/mol. The van der Waals surface area contributed by atoms with Gasteiger partial charge in [-0.05, 0) is 29.8 Å². The number of hydrogen-bond acceptors (Lipinski definition) is 4. The topological polar surface area (TPSA) is 76.5 Å². The summed E-state index contributed by atoms with van der Waals surface area (Å²) in [6.07, 6.45) is 1.48. The molecule has 140 valence electrons. The van der Waals surface area contributed by atoms with Gasteiger partial charge in [-0.3, -0.25) is 14.3 Å². The zero-order valence-corrected chi connectivity index (χ0v) is 15.6. The summed E-state index contributed by atoms with van der Waals surface area (Å²) in [6, 6.07) is 13.6. The number of carbonyl (C=O) groups excluding carboxylic acids is 2. The highest BCUT2D eigenvalue weighted by molar-refractivity contribution is 6.02. The van der Waals surface area contributed by atoms with Crippen LogP contribution in [-0.4, -0.2) is 47.2 Å². The number of amides is 2. The van der Waals surface area contributed by atoms with Crippen LogP contribution in [0.4, 0.5) is 5.69 Å². The molecule has 0 saturated heterocycles. The Bertz CT molecular complexity index is 978. The molecule has 0 bridgehead atoms. The number of hydrogen-bond donors (Lipinski definition) is 1. The van der Waals surface area contributed by atoms with Crippen LogP contribution in [0.25, 0.3) is 10.8 Å². The maximum Gasteiger partial charge on any atom is 0.273 e. The van der Waals surface area contributed by atoms with E-state index in [2.05, 4.69) is 10.4 Å². The van der Waals surface area contributed by atoms with Crippen molar-refractivity contribution in [2.45, 2.75) is 13.5 Å². The Morgan fingerprint density at radius 1 is 1.15 bits per heavy atom. The highest BCUT2D eigenvalue weighted by atomic mass is 16.5. The van der Waals surface area contributed by atoms with Crippen LogP contribution in [0.1, 0.15) is 17.4 Å². The first-order chi connectivity index (χ1) is 13.0. The van der Waals surface area contributed by atoms with Crippen LogP contribution in [0.5, 0.6) is 5.75 Å². The molecule has 0 saturated carbocycles. The Balaban J connectivity index is 1.68. The molecule has 3 rings (SSSR count). The Hall–Kier alpha value is -3.35. The first kappa shape index (κ1) is 18.4. The molecular formula is C20H22N4O3. The summed E-state index contributed by atoms with van der Waals surface area (Å²) in [5.41, 5.74) is 0.726. The lowest BCUT2D eigenvalue weighted by Crippen LogP contribution is -2.27. The summed E-state index contributed by atoms with van der Waals surface area (Å²) in [4.78, 5) is 26.1. The van der Waals surface area contributed by atoms with Gasteiger partial charge in [0.2, 0.25) is 0 Å². The second-order valence-corrected chi connectivity index (χ2v) is 6.27. The lowest BCUT2D eigenvalue weighted by atomic mass is 10.1. The van der Waals surface area contributed by atoms with E-state index in [-0.39, 0.29) is 18.4 Å². The van der Waals surface area contributed by atoms with Gasteiger partial charge < -0.3 is 15.0 Å². The molecule has 0 radical (unpaired) electrons. The normalized spacial score (nSPS) is 10.6. The number of ether oxygens (including phenoxy) is 1. The fourth-order valence-electron chi connectivity index (χ4n) is 2.75. The second-order valence-electron chi connectivity index (χ2n) is 6.27. The lowest BCUT2D eigenvalue weighted by Gasteiger charge is -2.14. The van der Waals surface area contributed by atoms with E-state index in [0.29, 0.717) is 23.7 Å². The fraction of sp³-hybridized carbons (Fsp3) is 0.250. The zero-order valence-electron chi connectivity index (χ0n) is 15.6. The number of rotatable bonds is 6. The van der Waals surface area contributed by atoms with E-state index in [1.165, 1.54) is 11.1 Å². The Morgan fingerprint density at radius 3 is 2.59 bits per heavy atom. The Labute approximate surface area is 157 Å². The fourth-order valence-corrected chi connectivity index (χ4v) is 2.75. The van der Waals surface area contributed by atoms with Gasteiger partial charge in [-0.15, -0.1) is 0 Å². The zero-order chi connectivity index (χ0) is 19.4. The van der Waals surface area contributed by atoms with E-state index in [1.54, 1.807) is 18.8 Å². The van der Waals surface area contributed by atoms with E-state index in [1.807, 2.05) is 49.4 Å². The predicted octanol–water partition coefficient (Wildman–Crippen LogP) is 2.78. The van der Waals surface area contributed by atoms with Gasteiger partial charge in [-0.2, -0.15) is 5.10 Å². The van der Waals surface area contributed by atoms with Gasteiger partial charge in [-0.1, -0.05) is 30.3 Å². The quantitative estimate of drug-likeness (QED) is 0.728. The van der Waals surface area contributed by atoms with Crippen LogP contribution < -0.4 is 10.1 Å². The second kappa shape index (κ2) is 7.90. The molecule has 0 spiro atoms. The summed E-state index contributed by atoms with van der Waals surface area (Å²) in [5, 5.41) is 9.02. The van der Waals surface area contributed by atoms with E-state index in [0.717, 1.165) is 10.8 Å². The van der Waals surface area contributed by atoms with Gasteiger partial charge in [0.15, 0.2) is 6.61 Å². The van der Waals surface area contributed by atoms with Crippen molar-refractivity contribution >= 4 is 28.3 Å². The van der Waals surface area contributed by atoms with Crippen LogP contribution in [0.15, 0.2) is 48.7 Å². The number of aryl methyl sites for hydroxylation is 1. The minimum Gasteiger partial charge on any atom is -0.484 e. The van der Waals surface area contributed by atoms with Crippen molar-refractivity contribution in [1.29, 1.82) is 0 Å². The monoisotopic (exact) mass is 366 g/mol. The first-order valence-corrected chi connectivity index (χ1v) is 8.68. The van der Waals surface area contributed by atoms with Gasteiger partial charge in [0.1, 0.15) is 11.4 Å². The number of anilines is 1. The standard InChI is InChI=1S/C20H22N4O3/c1-4-24-19(20(26)23(2)3)17(12-21-24)22-18(25)13-27-16-10-9-14-7-5-6-8-15(14)11-16/h5-12H,4,13H2,1-3H3,(H,22,25). The molecule has 7 nitrogen and oxygen atoms in total. The van der Waals surface area contributed by atoms with Crippen molar-refractivity contribution in [1.82, 2.24) is 14.7 Å². The molecule has 7 heteroatoms. The summed E-state index contributed by atoms with van der Waals surface area (Å²) < 4.78 is 7.15. The van der Waals surface area contributed by atoms with E-state index < -0.39 is 0 Å². The molecule has 1 aromatic heterocycles. The average molecular weight is 366 g/mol. The number of aromatic nitrogens is 2. The third kappa shape index (κ3) is 4.08. The molecule has 27 heavy (non-hydrogen) atoms. The molecule has 0 aliphatic rings. The molecule has 3 aromatic rings. The lowest BCUT2D eigenvalue weighted by molar-refractivity contribution is -0.118. The van der Waals surface area contributed by atoms with E-state index in [9.17, 15) is 9.59 Å². The van der Waals surface area contributed by atoms with Crippen LogP contribution in [0, 0.1) is 0 Å². The first-order valence-electron chi connectivity index (χ1n) is 8.68. The SMILES string of the molecule is CCn1ncc(NC(=O)COc2ccc3ccccc3c2)c1C(=O)N(C)C. The molecule has 0 aliphatic heterocycles. The highest BCUT2D eigenvalue weighted by Crippen LogP contribution is 2.21. The Kier molecular flexibility index (Phi) is 5.40. The molecule has 0 fully saturated rings. The third-order valence-electron chi connectivity index (χ3n) is 4.11. The van der Waals surface area contributed by atoms with Crippen LogP contribution in [0.2, 0.25) is 0 Å². The van der Waals surface area contributed by atoms with Crippen LogP contribution >= 0.6 is 0 Å². The number of fused-ring (bicyclic) bond motifs is 1. The van der Waals surface area contributed by atoms with Gasteiger partial charge in [0, 0.05) is 20.6 Å². The minimum atomic E-state index is -0.355. The highest BCUT2D eigenvalue weighted by Gasteiger charge is 2.21. The van der Waals surface area contributed by atoms with Crippen molar-refractivity contribution in [2.75, 3.05) is 26.0 Å². The van der Waals surface area contributed by atoms with Crippen molar-refractivity contribution in [3.05, 3.63) is 54.4 Å². The predicted molar refractivity (Wildman–Crippen MR) is 104 cm³/mol. The molecule has 2 aromatic carbocycles. The number of carbonyl (C=O) groups is 2. The van der Waals surface area contributed by atoms with Crippen molar-refractivity contribution in [2.24, 2.45) is 0 Å². The third-order valence-corrected chi connectivity index (χ3v) is 4.11. The Morgan fingerprint density at radius 2 is 1.89 bits per heavy atom. The molecule has 1 N–H and O–H groups in total.